The summed E-state index contributed by atoms with van der Waals surface area (Å²) in [5.74, 6) is -0.0297. The number of para-hydroxylation sites is 1. The quantitative estimate of drug-likeness (QED) is 0.715. The Hall–Kier alpha value is -1.80. The lowest BCUT2D eigenvalue weighted by Crippen LogP contribution is -2.52. The van der Waals surface area contributed by atoms with Crippen LogP contribution in [0.5, 0.6) is 0 Å². The van der Waals surface area contributed by atoms with Crippen LogP contribution in [0.3, 0.4) is 0 Å². The summed E-state index contributed by atoms with van der Waals surface area (Å²) in [6.07, 6.45) is 0. The van der Waals surface area contributed by atoms with Crippen LogP contribution in [0, 0.1) is 0 Å². The molecule has 0 N–H and O–H groups in total. The Balaban J connectivity index is 1.60. The molecular formula is C19H21Cl2N3O3S. The number of hydrogen-bond acceptors (Lipinski definition) is 4. The largest absolute Gasteiger partial charge is 0.365 e. The number of carbonyl (C=O) groups excluding carboxylic acids is 1. The highest BCUT2D eigenvalue weighted by Crippen LogP contribution is 2.27. The van der Waals surface area contributed by atoms with E-state index in [9.17, 15) is 13.2 Å². The Morgan fingerprint density at radius 3 is 2.25 bits per heavy atom. The molecule has 28 heavy (non-hydrogen) atoms. The second-order valence-corrected chi connectivity index (χ2v) is 9.30. The van der Waals surface area contributed by atoms with Crippen LogP contribution < -0.4 is 4.90 Å². The second kappa shape index (κ2) is 8.69. The van der Waals surface area contributed by atoms with E-state index in [-0.39, 0.29) is 35.5 Å². The molecule has 0 atom stereocenters. The zero-order chi connectivity index (χ0) is 20.3. The first-order valence-electron chi connectivity index (χ1n) is 8.78. The van der Waals surface area contributed by atoms with Crippen LogP contribution in [-0.2, 0) is 14.8 Å². The van der Waals surface area contributed by atoms with Crippen LogP contribution in [0.25, 0.3) is 0 Å². The van der Waals surface area contributed by atoms with Crippen LogP contribution in [-0.4, -0.2) is 63.3 Å². The highest BCUT2D eigenvalue weighted by Gasteiger charge is 2.30. The minimum absolute atomic E-state index is 0.0297. The number of benzene rings is 2. The average Bonchev–Trinajstić information content (AvgIpc) is 2.70. The molecule has 1 aliphatic heterocycles. The van der Waals surface area contributed by atoms with E-state index >= 15 is 0 Å². The first kappa shape index (κ1) is 20.9. The molecule has 2 aromatic rings. The number of anilines is 1. The van der Waals surface area contributed by atoms with Crippen molar-refractivity contribution in [3.05, 3.63) is 58.6 Å². The molecule has 1 fully saturated rings. The molecule has 0 unspecified atom stereocenters. The molecular weight excluding hydrogens is 421 g/mol. The number of halogens is 2. The van der Waals surface area contributed by atoms with Gasteiger partial charge in [0.2, 0.25) is 15.9 Å². The Morgan fingerprint density at radius 1 is 1.00 bits per heavy atom. The minimum atomic E-state index is -3.67. The molecule has 1 heterocycles. The van der Waals surface area contributed by atoms with Gasteiger partial charge >= 0.3 is 0 Å². The lowest BCUT2D eigenvalue weighted by atomic mass is 10.3. The normalized spacial score (nSPS) is 15.5. The molecule has 3 rings (SSSR count). The van der Waals surface area contributed by atoms with Gasteiger partial charge in [0.25, 0.3) is 0 Å². The molecule has 150 valence electrons. The maximum atomic E-state index is 12.8. The average molecular weight is 442 g/mol. The van der Waals surface area contributed by atoms with E-state index in [0.717, 1.165) is 5.69 Å². The third-order valence-corrected chi connectivity index (χ3v) is 7.32. The summed E-state index contributed by atoms with van der Waals surface area (Å²) >= 11 is 11.8. The highest BCUT2D eigenvalue weighted by molar-refractivity contribution is 7.89. The number of hydrogen-bond donors (Lipinski definition) is 0. The number of nitrogens with zero attached hydrogens (tertiary/aromatic N) is 3. The highest BCUT2D eigenvalue weighted by atomic mass is 35.5. The summed E-state index contributed by atoms with van der Waals surface area (Å²) in [6.45, 7) is 1.42. The van der Waals surface area contributed by atoms with Gasteiger partial charge in [-0.1, -0.05) is 41.4 Å². The van der Waals surface area contributed by atoms with E-state index in [1.165, 1.54) is 22.5 Å². The van der Waals surface area contributed by atoms with Crippen LogP contribution in [0.1, 0.15) is 0 Å². The van der Waals surface area contributed by atoms with Crippen molar-refractivity contribution in [1.82, 2.24) is 9.21 Å². The predicted octanol–water partition coefficient (Wildman–Crippen LogP) is 2.96. The van der Waals surface area contributed by atoms with Gasteiger partial charge in [0.15, 0.2) is 0 Å². The van der Waals surface area contributed by atoms with Crippen molar-refractivity contribution in [2.75, 3.05) is 44.7 Å². The molecule has 0 saturated carbocycles. The van der Waals surface area contributed by atoms with Crippen molar-refractivity contribution in [3.8, 4) is 0 Å². The second-order valence-electron chi connectivity index (χ2n) is 6.55. The van der Waals surface area contributed by atoms with Gasteiger partial charge in [0.1, 0.15) is 0 Å². The van der Waals surface area contributed by atoms with Gasteiger partial charge in [0.05, 0.1) is 21.5 Å². The first-order chi connectivity index (χ1) is 13.3. The molecule has 1 aliphatic rings. The fourth-order valence-corrected chi connectivity index (χ4v) is 4.85. The number of carbonyl (C=O) groups is 1. The van der Waals surface area contributed by atoms with E-state index in [4.69, 9.17) is 23.2 Å². The van der Waals surface area contributed by atoms with Gasteiger partial charge in [0, 0.05) is 38.9 Å². The molecule has 0 aliphatic carbocycles. The number of likely N-dealkylation sites (N-methyl/N-ethyl adjacent to an activating group) is 1. The van der Waals surface area contributed by atoms with Gasteiger partial charge in [-0.25, -0.2) is 8.42 Å². The van der Waals surface area contributed by atoms with Gasteiger partial charge in [-0.15, -0.1) is 0 Å². The first-order valence-corrected chi connectivity index (χ1v) is 11.0. The van der Waals surface area contributed by atoms with Gasteiger partial charge in [-0.05, 0) is 30.3 Å². The lowest BCUT2D eigenvalue weighted by Gasteiger charge is -2.35. The lowest BCUT2D eigenvalue weighted by molar-refractivity contribution is -0.130. The third-order valence-electron chi connectivity index (χ3n) is 4.69. The number of amides is 1. The van der Waals surface area contributed by atoms with Crippen molar-refractivity contribution in [2.45, 2.75) is 4.90 Å². The van der Waals surface area contributed by atoms with Crippen LogP contribution in [0.2, 0.25) is 10.0 Å². The van der Waals surface area contributed by atoms with Gasteiger partial charge < -0.3 is 9.80 Å². The molecule has 0 radical (unpaired) electrons. The smallest absolute Gasteiger partial charge is 0.243 e. The molecule has 1 saturated heterocycles. The molecule has 6 nitrogen and oxygen atoms in total. The molecule has 0 bridgehead atoms. The van der Waals surface area contributed by atoms with Crippen molar-refractivity contribution < 1.29 is 13.2 Å². The molecule has 9 heteroatoms. The monoisotopic (exact) mass is 441 g/mol. The third kappa shape index (κ3) is 4.60. The SMILES string of the molecule is CN(CC(=O)N1CCN(S(=O)(=O)c2ccc(Cl)c(Cl)c2)CC1)c1ccccc1. The van der Waals surface area contributed by atoms with E-state index in [1.54, 1.807) is 4.90 Å². The maximum Gasteiger partial charge on any atom is 0.243 e. The fourth-order valence-electron chi connectivity index (χ4n) is 3.04. The summed E-state index contributed by atoms with van der Waals surface area (Å²) in [5.41, 5.74) is 0.955. The standard InChI is InChI=1S/C19H21Cl2N3O3S/c1-22(15-5-3-2-4-6-15)14-19(25)23-9-11-24(12-10-23)28(26,27)16-7-8-17(20)18(21)13-16/h2-8,13H,9-12,14H2,1H3. The van der Waals surface area contributed by atoms with Crippen LogP contribution >= 0.6 is 23.2 Å². The molecule has 1 amide bonds. The predicted molar refractivity (Wildman–Crippen MR) is 112 cm³/mol. The van der Waals surface area contributed by atoms with Crippen molar-refractivity contribution >= 4 is 44.8 Å². The molecule has 0 spiro atoms. The maximum absolute atomic E-state index is 12.8. The van der Waals surface area contributed by atoms with Crippen LogP contribution in [0.4, 0.5) is 5.69 Å². The minimum Gasteiger partial charge on any atom is -0.365 e. The summed E-state index contributed by atoms with van der Waals surface area (Å²) in [7, 11) is -1.82. The van der Waals surface area contributed by atoms with E-state index in [0.29, 0.717) is 18.1 Å². The van der Waals surface area contributed by atoms with Crippen molar-refractivity contribution in [1.29, 1.82) is 0 Å². The summed E-state index contributed by atoms with van der Waals surface area (Å²) < 4.78 is 27.0. The zero-order valence-corrected chi connectivity index (χ0v) is 17.7. The van der Waals surface area contributed by atoms with Crippen molar-refractivity contribution in [2.24, 2.45) is 0 Å². The Bertz CT molecular complexity index is 946. The number of rotatable bonds is 5. The van der Waals surface area contributed by atoms with Gasteiger partial charge in [-0.3, -0.25) is 4.79 Å². The Kier molecular flexibility index (Phi) is 6.50. The molecule has 0 aromatic heterocycles. The van der Waals surface area contributed by atoms with Crippen molar-refractivity contribution in [3.63, 3.8) is 0 Å². The molecule has 2 aromatic carbocycles. The van der Waals surface area contributed by atoms with Crippen LogP contribution in [0.15, 0.2) is 53.4 Å². The van der Waals surface area contributed by atoms with Gasteiger partial charge in [-0.2, -0.15) is 4.31 Å². The van der Waals surface area contributed by atoms with E-state index < -0.39 is 10.0 Å². The summed E-state index contributed by atoms with van der Waals surface area (Å²) in [5, 5.41) is 0.499. The van der Waals surface area contributed by atoms with E-state index in [1.807, 2.05) is 42.3 Å². The van der Waals surface area contributed by atoms with E-state index in [2.05, 4.69) is 0 Å². The number of sulfonamides is 1. The summed E-state index contributed by atoms with van der Waals surface area (Å²) in [4.78, 5) is 16.2. The topological polar surface area (TPSA) is 60.9 Å². The Morgan fingerprint density at radius 2 is 1.64 bits per heavy atom. The Labute approximate surface area is 175 Å². The fraction of sp³-hybridized carbons (Fsp3) is 0.316. The zero-order valence-electron chi connectivity index (χ0n) is 15.4. The summed E-state index contributed by atoms with van der Waals surface area (Å²) in [6, 6.07) is 13.9. The number of piperazine rings is 1.